The quantitative estimate of drug-likeness (QED) is 0.564. The summed E-state index contributed by atoms with van der Waals surface area (Å²) in [7, 11) is 0. The summed E-state index contributed by atoms with van der Waals surface area (Å²) >= 11 is 9.34. The molecule has 10 heteroatoms. The van der Waals surface area contributed by atoms with E-state index in [2.05, 4.69) is 31.3 Å². The number of hydrazine groups is 1. The van der Waals surface area contributed by atoms with Crippen molar-refractivity contribution in [3.05, 3.63) is 16.0 Å². The van der Waals surface area contributed by atoms with E-state index in [1.54, 1.807) is 37.6 Å². The number of piperidine rings is 1. The number of nitrogens with zero attached hydrogens (tertiary/aromatic N) is 4. The maximum Gasteiger partial charge on any atom is 0.426 e. The first-order valence-electron chi connectivity index (χ1n) is 8.29. The summed E-state index contributed by atoms with van der Waals surface area (Å²) < 4.78 is 5.95. The molecule has 1 aromatic rings. The highest BCUT2D eigenvalue weighted by molar-refractivity contribution is 9.10. The number of aromatic nitrogens is 2. The van der Waals surface area contributed by atoms with Gasteiger partial charge in [0.25, 0.3) is 0 Å². The second-order valence-corrected chi connectivity index (χ2v) is 8.22. The van der Waals surface area contributed by atoms with Crippen molar-refractivity contribution in [3.63, 3.8) is 0 Å². The third-order valence-electron chi connectivity index (χ3n) is 3.81. The Hall–Kier alpha value is -1.61. The lowest BCUT2D eigenvalue weighted by molar-refractivity contribution is -0.129. The minimum Gasteiger partial charge on any atom is -0.443 e. The Morgan fingerprint density at radius 3 is 2.54 bits per heavy atom. The monoisotopic (exact) mass is 447 g/mol. The predicted octanol–water partition coefficient (Wildman–Crippen LogP) is 3.15. The van der Waals surface area contributed by atoms with Crippen LogP contribution >= 0.6 is 27.5 Å². The Kier molecular flexibility index (Phi) is 6.68. The molecule has 0 saturated carbocycles. The van der Waals surface area contributed by atoms with Crippen molar-refractivity contribution in [2.45, 2.75) is 52.2 Å². The second kappa shape index (κ2) is 8.39. The van der Waals surface area contributed by atoms with Gasteiger partial charge in [-0.3, -0.25) is 9.80 Å². The van der Waals surface area contributed by atoms with Gasteiger partial charge in [0.1, 0.15) is 5.60 Å². The molecule has 26 heavy (non-hydrogen) atoms. The van der Waals surface area contributed by atoms with Crippen LogP contribution in [0.2, 0.25) is 5.28 Å². The third-order valence-corrected chi connectivity index (χ3v) is 4.55. The van der Waals surface area contributed by atoms with Crippen molar-refractivity contribution in [1.29, 1.82) is 0 Å². The van der Waals surface area contributed by atoms with Gasteiger partial charge in [0.2, 0.25) is 11.2 Å². The summed E-state index contributed by atoms with van der Waals surface area (Å²) in [5.74, 6) is 0.485. The van der Waals surface area contributed by atoms with Crippen LogP contribution in [-0.2, 0) is 9.53 Å². The van der Waals surface area contributed by atoms with E-state index in [4.69, 9.17) is 16.3 Å². The molecule has 0 aromatic carbocycles. The van der Waals surface area contributed by atoms with Crippen LogP contribution in [0.1, 0.15) is 40.5 Å². The number of rotatable bonds is 3. The normalized spacial score (nSPS) is 15.5. The van der Waals surface area contributed by atoms with Gasteiger partial charge in [0, 0.05) is 26.2 Å². The smallest absolute Gasteiger partial charge is 0.426 e. The molecule has 1 N–H and O–H groups in total. The minimum absolute atomic E-state index is 0.0429. The van der Waals surface area contributed by atoms with Crippen LogP contribution in [0.25, 0.3) is 0 Å². The summed E-state index contributed by atoms with van der Waals surface area (Å²) in [4.78, 5) is 33.8. The fourth-order valence-corrected chi connectivity index (χ4v) is 3.17. The number of hydrogen-bond acceptors (Lipinski definition) is 6. The standard InChI is InChI=1S/C16H23BrClN5O3/c1-10(24)22-7-5-11(6-8-22)23(21-15(25)26-16(2,3)4)13-12(17)9-19-14(18)20-13/h9,11H,5-8H2,1-4H3,(H,21,25). The molecule has 1 aliphatic rings. The van der Waals surface area contributed by atoms with Gasteiger partial charge in [-0.05, 0) is 61.1 Å². The van der Waals surface area contributed by atoms with Gasteiger partial charge in [-0.25, -0.2) is 15.2 Å². The predicted molar refractivity (Wildman–Crippen MR) is 102 cm³/mol. The minimum atomic E-state index is -0.631. The number of hydrogen-bond donors (Lipinski definition) is 1. The zero-order valence-electron chi connectivity index (χ0n) is 15.3. The average Bonchev–Trinajstić information content (AvgIpc) is 2.53. The second-order valence-electron chi connectivity index (χ2n) is 7.03. The molecule has 1 aromatic heterocycles. The van der Waals surface area contributed by atoms with Crippen LogP contribution in [0.5, 0.6) is 0 Å². The number of carbonyl (C=O) groups is 2. The molecule has 2 amide bonds. The summed E-state index contributed by atoms with van der Waals surface area (Å²) in [6.45, 7) is 8.13. The molecule has 0 unspecified atom stereocenters. The number of amides is 2. The molecule has 1 aliphatic heterocycles. The first-order chi connectivity index (χ1) is 12.1. The van der Waals surface area contributed by atoms with Gasteiger partial charge < -0.3 is 9.64 Å². The van der Waals surface area contributed by atoms with Gasteiger partial charge in [-0.2, -0.15) is 4.98 Å². The van der Waals surface area contributed by atoms with Crippen LogP contribution in [-0.4, -0.2) is 51.6 Å². The molecule has 8 nitrogen and oxygen atoms in total. The third kappa shape index (κ3) is 5.70. The van der Waals surface area contributed by atoms with E-state index in [9.17, 15) is 9.59 Å². The Morgan fingerprint density at radius 1 is 1.38 bits per heavy atom. The highest BCUT2D eigenvalue weighted by Crippen LogP contribution is 2.28. The van der Waals surface area contributed by atoms with Crippen molar-refractivity contribution in [3.8, 4) is 0 Å². The Bertz CT molecular complexity index is 674. The van der Waals surface area contributed by atoms with Gasteiger partial charge >= 0.3 is 6.09 Å². The number of carbonyl (C=O) groups excluding carboxylic acids is 2. The first kappa shape index (κ1) is 20.7. The van der Waals surface area contributed by atoms with E-state index in [1.165, 1.54) is 6.20 Å². The van der Waals surface area contributed by atoms with Crippen molar-refractivity contribution in [2.24, 2.45) is 0 Å². The number of ether oxygens (including phenoxy) is 1. The lowest BCUT2D eigenvalue weighted by atomic mass is 10.0. The molecule has 1 fully saturated rings. The molecule has 0 bridgehead atoms. The SMILES string of the molecule is CC(=O)N1CCC(N(NC(=O)OC(C)(C)C)c2nc(Cl)ncc2Br)CC1. The molecule has 1 saturated heterocycles. The van der Waals surface area contributed by atoms with Gasteiger partial charge in [0.15, 0.2) is 5.82 Å². The Morgan fingerprint density at radius 2 is 2.00 bits per heavy atom. The molecule has 0 aliphatic carbocycles. The van der Waals surface area contributed by atoms with Crippen molar-refractivity contribution in [2.75, 3.05) is 18.1 Å². The number of nitrogens with one attached hydrogen (secondary N) is 1. The highest BCUT2D eigenvalue weighted by Gasteiger charge is 2.30. The van der Waals surface area contributed by atoms with E-state index in [0.29, 0.717) is 36.2 Å². The van der Waals surface area contributed by atoms with Gasteiger partial charge in [-0.15, -0.1) is 0 Å². The molecule has 144 valence electrons. The summed E-state index contributed by atoms with van der Waals surface area (Å²) in [5.41, 5.74) is 2.13. The zero-order valence-corrected chi connectivity index (χ0v) is 17.6. The molecular formula is C16H23BrClN5O3. The van der Waals surface area contributed by atoms with E-state index in [1.807, 2.05) is 0 Å². The number of halogens is 2. The average molecular weight is 449 g/mol. The molecule has 0 atom stereocenters. The Labute approximate surface area is 166 Å². The molecular weight excluding hydrogens is 426 g/mol. The fourth-order valence-electron chi connectivity index (χ4n) is 2.66. The van der Waals surface area contributed by atoms with Crippen molar-refractivity contribution >= 4 is 45.3 Å². The fraction of sp³-hybridized carbons (Fsp3) is 0.625. The topological polar surface area (TPSA) is 87.7 Å². The summed E-state index contributed by atoms with van der Waals surface area (Å²) in [5, 5.41) is 1.71. The number of anilines is 1. The van der Waals surface area contributed by atoms with E-state index in [-0.39, 0.29) is 17.2 Å². The highest BCUT2D eigenvalue weighted by atomic mass is 79.9. The molecule has 0 radical (unpaired) electrons. The first-order valence-corrected chi connectivity index (χ1v) is 9.46. The molecule has 2 rings (SSSR count). The molecule has 2 heterocycles. The zero-order chi connectivity index (χ0) is 19.5. The van der Waals surface area contributed by atoms with Crippen LogP contribution < -0.4 is 10.4 Å². The van der Waals surface area contributed by atoms with E-state index >= 15 is 0 Å². The Balaban J connectivity index is 2.23. The van der Waals surface area contributed by atoms with E-state index in [0.717, 1.165) is 0 Å². The molecule has 0 spiro atoms. The van der Waals surface area contributed by atoms with Crippen LogP contribution in [0, 0.1) is 0 Å². The maximum atomic E-state index is 12.3. The van der Waals surface area contributed by atoms with E-state index < -0.39 is 11.7 Å². The summed E-state index contributed by atoms with van der Waals surface area (Å²) in [6, 6.07) is -0.0691. The van der Waals surface area contributed by atoms with Crippen LogP contribution in [0.4, 0.5) is 10.6 Å². The van der Waals surface area contributed by atoms with Crippen molar-refractivity contribution < 1.29 is 14.3 Å². The number of likely N-dealkylation sites (tertiary alicyclic amines) is 1. The summed E-state index contributed by atoms with van der Waals surface area (Å²) in [6.07, 6.45) is 2.28. The lowest BCUT2D eigenvalue weighted by Crippen LogP contribution is -2.54. The maximum absolute atomic E-state index is 12.3. The van der Waals surface area contributed by atoms with Crippen LogP contribution in [0.3, 0.4) is 0 Å². The largest absolute Gasteiger partial charge is 0.443 e. The van der Waals surface area contributed by atoms with Gasteiger partial charge in [0.05, 0.1) is 10.5 Å². The lowest BCUT2D eigenvalue weighted by Gasteiger charge is -2.39. The van der Waals surface area contributed by atoms with Crippen molar-refractivity contribution in [1.82, 2.24) is 20.3 Å². The van der Waals surface area contributed by atoms with Gasteiger partial charge in [-0.1, -0.05) is 0 Å². The van der Waals surface area contributed by atoms with Crippen LogP contribution in [0.15, 0.2) is 10.7 Å².